The molecule has 0 amide bonds. The Bertz CT molecular complexity index is 657. The highest BCUT2D eigenvalue weighted by atomic mass is 16.4. The van der Waals surface area contributed by atoms with Crippen molar-refractivity contribution in [3.05, 3.63) is 36.0 Å². The Labute approximate surface area is 117 Å². The molecular weight excluding hydrogens is 254 g/mol. The highest BCUT2D eigenvalue weighted by Gasteiger charge is 2.26. The van der Waals surface area contributed by atoms with Gasteiger partial charge in [-0.1, -0.05) is 18.2 Å². The maximum atomic E-state index is 11.5. The lowest BCUT2D eigenvalue weighted by Crippen LogP contribution is -2.24. The average Bonchev–Trinajstić information content (AvgIpc) is 2.94. The summed E-state index contributed by atoms with van der Waals surface area (Å²) in [6.07, 6.45) is 2.46. The van der Waals surface area contributed by atoms with Crippen molar-refractivity contribution in [2.24, 2.45) is 11.7 Å². The van der Waals surface area contributed by atoms with Crippen molar-refractivity contribution in [1.82, 2.24) is 4.98 Å². The van der Waals surface area contributed by atoms with Crippen LogP contribution < -0.4 is 10.6 Å². The third-order valence-corrected chi connectivity index (χ3v) is 3.91. The first-order chi connectivity index (χ1) is 9.70. The monoisotopic (exact) mass is 271 g/mol. The molecule has 0 saturated carbocycles. The van der Waals surface area contributed by atoms with Crippen LogP contribution in [0.25, 0.3) is 10.9 Å². The van der Waals surface area contributed by atoms with E-state index in [9.17, 15) is 9.90 Å². The molecule has 1 saturated heterocycles. The van der Waals surface area contributed by atoms with E-state index in [1.807, 2.05) is 24.3 Å². The number of fused-ring (bicyclic) bond motifs is 1. The summed E-state index contributed by atoms with van der Waals surface area (Å²) < 4.78 is 0. The highest BCUT2D eigenvalue weighted by Crippen LogP contribution is 2.33. The molecule has 104 valence electrons. The number of carboxylic acids is 1. The minimum atomic E-state index is -0.936. The van der Waals surface area contributed by atoms with Crippen LogP contribution in [0.2, 0.25) is 0 Å². The van der Waals surface area contributed by atoms with Gasteiger partial charge in [-0.25, -0.2) is 4.79 Å². The maximum Gasteiger partial charge on any atom is 0.339 e. The van der Waals surface area contributed by atoms with Gasteiger partial charge in [-0.05, 0) is 24.9 Å². The summed E-state index contributed by atoms with van der Waals surface area (Å²) in [7, 11) is 0. The van der Waals surface area contributed by atoms with Gasteiger partial charge in [0.1, 0.15) is 5.56 Å². The first-order valence-electron chi connectivity index (χ1n) is 6.76. The highest BCUT2D eigenvalue weighted by molar-refractivity contribution is 6.04. The SMILES string of the molecule is NCC1CCN(c2c(C(=O)O)cnc3ccccc23)C1. The summed E-state index contributed by atoms with van der Waals surface area (Å²) >= 11 is 0. The fraction of sp³-hybridized carbons (Fsp3) is 0.333. The molecule has 1 aliphatic heterocycles. The fourth-order valence-corrected chi connectivity index (χ4v) is 2.85. The second kappa shape index (κ2) is 5.09. The van der Waals surface area contributed by atoms with Crippen LogP contribution in [0.5, 0.6) is 0 Å². The van der Waals surface area contributed by atoms with E-state index in [0.717, 1.165) is 36.1 Å². The van der Waals surface area contributed by atoms with Crippen LogP contribution in [0.15, 0.2) is 30.5 Å². The van der Waals surface area contributed by atoms with E-state index in [2.05, 4.69) is 9.88 Å². The van der Waals surface area contributed by atoms with Crippen LogP contribution in [0.1, 0.15) is 16.8 Å². The number of benzene rings is 1. The van der Waals surface area contributed by atoms with E-state index in [0.29, 0.717) is 12.5 Å². The number of nitrogens with zero attached hydrogens (tertiary/aromatic N) is 2. The molecule has 3 N–H and O–H groups in total. The zero-order chi connectivity index (χ0) is 14.1. The molecule has 0 aliphatic carbocycles. The Balaban J connectivity index is 2.15. The third kappa shape index (κ3) is 2.10. The molecule has 5 heteroatoms. The molecule has 1 aromatic heterocycles. The zero-order valence-corrected chi connectivity index (χ0v) is 11.1. The molecular formula is C15H17N3O2. The lowest BCUT2D eigenvalue weighted by atomic mass is 10.1. The predicted molar refractivity (Wildman–Crippen MR) is 78.1 cm³/mol. The minimum Gasteiger partial charge on any atom is -0.478 e. The van der Waals surface area contributed by atoms with Crippen molar-refractivity contribution in [1.29, 1.82) is 0 Å². The number of carbonyl (C=O) groups is 1. The van der Waals surface area contributed by atoms with E-state index < -0.39 is 5.97 Å². The van der Waals surface area contributed by atoms with Gasteiger partial charge < -0.3 is 15.7 Å². The second-order valence-electron chi connectivity index (χ2n) is 5.18. The molecule has 0 radical (unpaired) electrons. The molecule has 1 aromatic carbocycles. The number of hydrogen-bond donors (Lipinski definition) is 2. The zero-order valence-electron chi connectivity index (χ0n) is 11.1. The van der Waals surface area contributed by atoms with Crippen LogP contribution >= 0.6 is 0 Å². The van der Waals surface area contributed by atoms with Crippen LogP contribution in [-0.2, 0) is 0 Å². The summed E-state index contributed by atoms with van der Waals surface area (Å²) in [5, 5.41) is 10.3. The third-order valence-electron chi connectivity index (χ3n) is 3.91. The van der Waals surface area contributed by atoms with Crippen LogP contribution in [0, 0.1) is 5.92 Å². The predicted octanol–water partition coefficient (Wildman–Crippen LogP) is 1.72. The molecule has 1 unspecified atom stereocenters. The van der Waals surface area contributed by atoms with Gasteiger partial charge in [0.15, 0.2) is 0 Å². The van der Waals surface area contributed by atoms with E-state index in [1.54, 1.807) is 0 Å². The van der Waals surface area contributed by atoms with Crippen molar-refractivity contribution in [3.63, 3.8) is 0 Å². The second-order valence-corrected chi connectivity index (χ2v) is 5.18. The lowest BCUT2D eigenvalue weighted by molar-refractivity contribution is 0.0697. The summed E-state index contributed by atoms with van der Waals surface area (Å²) in [5.74, 6) is -0.502. The number of rotatable bonds is 3. The number of anilines is 1. The van der Waals surface area contributed by atoms with Gasteiger partial charge in [-0.2, -0.15) is 0 Å². The molecule has 0 bridgehead atoms. The van der Waals surface area contributed by atoms with Crippen molar-refractivity contribution in [3.8, 4) is 0 Å². The molecule has 1 aliphatic rings. The van der Waals surface area contributed by atoms with Gasteiger partial charge >= 0.3 is 5.97 Å². The minimum absolute atomic E-state index is 0.265. The van der Waals surface area contributed by atoms with Gasteiger partial charge in [0.2, 0.25) is 0 Å². The Hall–Kier alpha value is -2.14. The van der Waals surface area contributed by atoms with E-state index in [4.69, 9.17) is 5.73 Å². The van der Waals surface area contributed by atoms with Crippen LogP contribution in [0.3, 0.4) is 0 Å². The van der Waals surface area contributed by atoms with Gasteiger partial charge in [0, 0.05) is 24.7 Å². The van der Waals surface area contributed by atoms with Crippen LogP contribution in [0.4, 0.5) is 5.69 Å². The summed E-state index contributed by atoms with van der Waals surface area (Å²) in [5.41, 5.74) is 7.59. The largest absolute Gasteiger partial charge is 0.478 e. The Morgan fingerprint density at radius 1 is 1.45 bits per heavy atom. The summed E-state index contributed by atoms with van der Waals surface area (Å²) in [6.45, 7) is 2.29. The number of nitrogens with two attached hydrogens (primary N) is 1. The average molecular weight is 271 g/mol. The Morgan fingerprint density at radius 2 is 2.25 bits per heavy atom. The molecule has 1 fully saturated rings. The number of pyridine rings is 1. The lowest BCUT2D eigenvalue weighted by Gasteiger charge is -2.22. The van der Waals surface area contributed by atoms with Crippen molar-refractivity contribution >= 4 is 22.6 Å². The molecule has 2 heterocycles. The van der Waals surface area contributed by atoms with Gasteiger partial charge in [0.05, 0.1) is 11.2 Å². The van der Waals surface area contributed by atoms with Crippen LogP contribution in [-0.4, -0.2) is 35.7 Å². The standard InChI is InChI=1S/C15H17N3O2/c16-7-10-5-6-18(9-10)14-11-3-1-2-4-13(11)17-8-12(14)15(19)20/h1-4,8,10H,5-7,9,16H2,(H,19,20). The maximum absolute atomic E-state index is 11.5. The number of aromatic carboxylic acids is 1. The quantitative estimate of drug-likeness (QED) is 0.888. The molecule has 1 atom stereocenters. The van der Waals surface area contributed by atoms with Crippen molar-refractivity contribution < 1.29 is 9.90 Å². The number of carboxylic acid groups (broad SMARTS) is 1. The fourth-order valence-electron chi connectivity index (χ4n) is 2.85. The summed E-state index contributed by atoms with van der Waals surface area (Å²) in [6, 6.07) is 7.66. The number of aromatic nitrogens is 1. The molecule has 3 rings (SSSR count). The van der Waals surface area contributed by atoms with E-state index in [1.165, 1.54) is 6.20 Å². The first kappa shape index (κ1) is 12.9. The van der Waals surface area contributed by atoms with Crippen molar-refractivity contribution in [2.45, 2.75) is 6.42 Å². The number of hydrogen-bond acceptors (Lipinski definition) is 4. The van der Waals surface area contributed by atoms with E-state index >= 15 is 0 Å². The molecule has 5 nitrogen and oxygen atoms in total. The smallest absolute Gasteiger partial charge is 0.339 e. The first-order valence-corrected chi connectivity index (χ1v) is 6.76. The molecule has 20 heavy (non-hydrogen) atoms. The van der Waals surface area contributed by atoms with Crippen molar-refractivity contribution in [2.75, 3.05) is 24.5 Å². The molecule has 0 spiro atoms. The van der Waals surface area contributed by atoms with E-state index in [-0.39, 0.29) is 5.56 Å². The Morgan fingerprint density at radius 3 is 2.95 bits per heavy atom. The Kier molecular flexibility index (Phi) is 3.28. The normalized spacial score (nSPS) is 18.6. The van der Waals surface area contributed by atoms with Gasteiger partial charge in [0.25, 0.3) is 0 Å². The topological polar surface area (TPSA) is 79.5 Å². The number of para-hydroxylation sites is 1. The van der Waals surface area contributed by atoms with Gasteiger partial charge in [-0.3, -0.25) is 4.98 Å². The molecule has 2 aromatic rings. The summed E-state index contributed by atoms with van der Waals surface area (Å²) in [4.78, 5) is 17.9. The van der Waals surface area contributed by atoms with Gasteiger partial charge in [-0.15, -0.1) is 0 Å².